The highest BCUT2D eigenvalue weighted by atomic mass is 16.5. The predicted molar refractivity (Wildman–Crippen MR) is 83.7 cm³/mol. The molecule has 3 heteroatoms. The SMILES string of the molecule is CCN(Cc1ccc(CNC2CC2)cc1)C(C)COC. The van der Waals surface area contributed by atoms with Crippen molar-refractivity contribution in [2.45, 2.75) is 51.9 Å². The summed E-state index contributed by atoms with van der Waals surface area (Å²) in [7, 11) is 1.77. The number of nitrogens with zero attached hydrogens (tertiary/aromatic N) is 1. The van der Waals surface area contributed by atoms with E-state index in [-0.39, 0.29) is 0 Å². The van der Waals surface area contributed by atoms with E-state index in [9.17, 15) is 0 Å². The summed E-state index contributed by atoms with van der Waals surface area (Å²) in [6, 6.07) is 10.2. The Morgan fingerprint density at radius 3 is 2.45 bits per heavy atom. The number of methoxy groups -OCH3 is 1. The zero-order valence-corrected chi connectivity index (χ0v) is 13.1. The van der Waals surface area contributed by atoms with Crippen LogP contribution in [0.25, 0.3) is 0 Å². The molecule has 1 aliphatic rings. The zero-order chi connectivity index (χ0) is 14.4. The van der Waals surface area contributed by atoms with Gasteiger partial charge in [-0.2, -0.15) is 0 Å². The van der Waals surface area contributed by atoms with Gasteiger partial charge in [-0.1, -0.05) is 31.2 Å². The topological polar surface area (TPSA) is 24.5 Å². The van der Waals surface area contributed by atoms with E-state index < -0.39 is 0 Å². The number of hydrogen-bond donors (Lipinski definition) is 1. The minimum Gasteiger partial charge on any atom is -0.383 e. The van der Waals surface area contributed by atoms with Crippen molar-refractivity contribution in [1.82, 2.24) is 10.2 Å². The highest BCUT2D eigenvalue weighted by Crippen LogP contribution is 2.19. The maximum atomic E-state index is 5.25. The number of ether oxygens (including phenoxy) is 1. The van der Waals surface area contributed by atoms with Crippen LogP contribution in [0.15, 0.2) is 24.3 Å². The summed E-state index contributed by atoms with van der Waals surface area (Å²) in [5.41, 5.74) is 2.76. The first-order chi connectivity index (χ1) is 9.72. The summed E-state index contributed by atoms with van der Waals surface area (Å²) in [4.78, 5) is 2.45. The number of hydrogen-bond acceptors (Lipinski definition) is 3. The van der Waals surface area contributed by atoms with Gasteiger partial charge in [-0.05, 0) is 37.4 Å². The van der Waals surface area contributed by atoms with Crippen molar-refractivity contribution in [2.24, 2.45) is 0 Å². The highest BCUT2D eigenvalue weighted by Gasteiger charge is 2.19. The summed E-state index contributed by atoms with van der Waals surface area (Å²) in [6.07, 6.45) is 2.70. The zero-order valence-electron chi connectivity index (χ0n) is 13.1. The van der Waals surface area contributed by atoms with Crippen LogP contribution in [-0.2, 0) is 17.8 Å². The monoisotopic (exact) mass is 276 g/mol. The number of benzene rings is 1. The van der Waals surface area contributed by atoms with E-state index in [4.69, 9.17) is 4.74 Å². The third-order valence-electron chi connectivity index (χ3n) is 4.02. The minimum atomic E-state index is 0.459. The van der Waals surface area contributed by atoms with Gasteiger partial charge in [0, 0.05) is 32.3 Å². The Balaban J connectivity index is 1.84. The molecule has 1 atom stereocenters. The summed E-state index contributed by atoms with van der Waals surface area (Å²) in [5.74, 6) is 0. The van der Waals surface area contributed by atoms with E-state index in [1.807, 2.05) is 0 Å². The average Bonchev–Trinajstić information content (AvgIpc) is 3.28. The van der Waals surface area contributed by atoms with Gasteiger partial charge in [-0.15, -0.1) is 0 Å². The number of nitrogens with one attached hydrogen (secondary N) is 1. The Labute approximate surface area is 123 Å². The van der Waals surface area contributed by atoms with Crippen LogP contribution in [0.3, 0.4) is 0 Å². The van der Waals surface area contributed by atoms with Crippen molar-refractivity contribution in [3.05, 3.63) is 35.4 Å². The Kier molecular flexibility index (Phi) is 6.02. The lowest BCUT2D eigenvalue weighted by molar-refractivity contribution is 0.0982. The molecule has 1 aromatic rings. The summed E-state index contributed by atoms with van der Waals surface area (Å²) >= 11 is 0. The molecule has 112 valence electrons. The van der Waals surface area contributed by atoms with Crippen LogP contribution in [0.4, 0.5) is 0 Å². The Hall–Kier alpha value is -0.900. The van der Waals surface area contributed by atoms with Crippen molar-refractivity contribution < 1.29 is 4.74 Å². The molecule has 0 aromatic heterocycles. The molecule has 0 saturated heterocycles. The molecule has 1 fully saturated rings. The van der Waals surface area contributed by atoms with Crippen molar-refractivity contribution in [2.75, 3.05) is 20.3 Å². The van der Waals surface area contributed by atoms with Crippen LogP contribution in [-0.4, -0.2) is 37.2 Å². The van der Waals surface area contributed by atoms with Crippen molar-refractivity contribution in [3.8, 4) is 0 Å². The Bertz CT molecular complexity index is 386. The van der Waals surface area contributed by atoms with Gasteiger partial charge in [-0.3, -0.25) is 4.90 Å². The molecule has 1 saturated carbocycles. The van der Waals surface area contributed by atoms with Crippen LogP contribution in [0.1, 0.15) is 37.8 Å². The van der Waals surface area contributed by atoms with E-state index in [1.165, 1.54) is 24.0 Å². The molecule has 0 spiro atoms. The van der Waals surface area contributed by atoms with Crippen molar-refractivity contribution in [3.63, 3.8) is 0 Å². The number of rotatable bonds is 9. The summed E-state index contributed by atoms with van der Waals surface area (Å²) in [5, 5.41) is 3.55. The molecule has 0 bridgehead atoms. The second-order valence-corrected chi connectivity index (χ2v) is 5.84. The van der Waals surface area contributed by atoms with Gasteiger partial charge >= 0.3 is 0 Å². The molecule has 3 nitrogen and oxygen atoms in total. The molecule has 0 aliphatic heterocycles. The van der Waals surface area contributed by atoms with Gasteiger partial charge in [0.05, 0.1) is 6.61 Å². The third kappa shape index (κ3) is 4.89. The van der Waals surface area contributed by atoms with E-state index in [2.05, 4.69) is 48.3 Å². The van der Waals surface area contributed by atoms with Gasteiger partial charge in [0.2, 0.25) is 0 Å². The third-order valence-corrected chi connectivity index (χ3v) is 4.02. The van der Waals surface area contributed by atoms with Crippen LogP contribution in [0.2, 0.25) is 0 Å². The van der Waals surface area contributed by atoms with Gasteiger partial charge in [-0.25, -0.2) is 0 Å². The molecule has 1 unspecified atom stereocenters. The average molecular weight is 276 g/mol. The van der Waals surface area contributed by atoms with Crippen LogP contribution >= 0.6 is 0 Å². The lowest BCUT2D eigenvalue weighted by Crippen LogP contribution is -2.35. The fourth-order valence-electron chi connectivity index (χ4n) is 2.47. The Morgan fingerprint density at radius 2 is 1.90 bits per heavy atom. The predicted octanol–water partition coefficient (Wildman–Crippen LogP) is 2.80. The molecule has 2 rings (SSSR count). The largest absolute Gasteiger partial charge is 0.383 e. The summed E-state index contributed by atoms with van der Waals surface area (Å²) < 4.78 is 5.25. The maximum absolute atomic E-state index is 5.25. The standard InChI is InChI=1S/C17H28N2O/c1-4-19(14(2)13-20-3)12-16-7-5-15(6-8-16)11-18-17-9-10-17/h5-8,14,17-18H,4,9-13H2,1-3H3. The second kappa shape index (κ2) is 7.77. The first kappa shape index (κ1) is 15.5. The fourth-order valence-corrected chi connectivity index (χ4v) is 2.47. The fraction of sp³-hybridized carbons (Fsp3) is 0.647. The molecule has 0 heterocycles. The molecule has 1 N–H and O–H groups in total. The lowest BCUT2D eigenvalue weighted by atomic mass is 10.1. The highest BCUT2D eigenvalue weighted by molar-refractivity contribution is 5.22. The molecule has 1 aromatic carbocycles. The van der Waals surface area contributed by atoms with E-state index in [0.717, 1.165) is 32.3 Å². The van der Waals surface area contributed by atoms with Crippen LogP contribution in [0, 0.1) is 0 Å². The van der Waals surface area contributed by atoms with E-state index >= 15 is 0 Å². The first-order valence-electron chi connectivity index (χ1n) is 7.77. The van der Waals surface area contributed by atoms with E-state index in [1.54, 1.807) is 7.11 Å². The lowest BCUT2D eigenvalue weighted by Gasteiger charge is -2.27. The quantitative estimate of drug-likeness (QED) is 0.750. The van der Waals surface area contributed by atoms with Gasteiger partial charge in [0.25, 0.3) is 0 Å². The van der Waals surface area contributed by atoms with Crippen molar-refractivity contribution >= 4 is 0 Å². The molecule has 0 amide bonds. The number of likely N-dealkylation sites (N-methyl/N-ethyl adjacent to an activating group) is 1. The van der Waals surface area contributed by atoms with Gasteiger partial charge in [0.1, 0.15) is 0 Å². The normalized spacial score (nSPS) is 16.6. The molecular weight excluding hydrogens is 248 g/mol. The molecular formula is C17H28N2O. The smallest absolute Gasteiger partial charge is 0.0615 e. The van der Waals surface area contributed by atoms with Gasteiger partial charge < -0.3 is 10.1 Å². The molecule has 1 aliphatic carbocycles. The summed E-state index contributed by atoms with van der Waals surface area (Å²) in [6.45, 7) is 8.27. The molecule has 0 radical (unpaired) electrons. The van der Waals surface area contributed by atoms with Crippen molar-refractivity contribution in [1.29, 1.82) is 0 Å². The first-order valence-corrected chi connectivity index (χ1v) is 7.77. The second-order valence-electron chi connectivity index (χ2n) is 5.84. The Morgan fingerprint density at radius 1 is 1.25 bits per heavy atom. The van der Waals surface area contributed by atoms with Crippen LogP contribution in [0.5, 0.6) is 0 Å². The molecule has 20 heavy (non-hydrogen) atoms. The van der Waals surface area contributed by atoms with Gasteiger partial charge in [0.15, 0.2) is 0 Å². The minimum absolute atomic E-state index is 0.459. The van der Waals surface area contributed by atoms with Crippen LogP contribution < -0.4 is 5.32 Å². The van der Waals surface area contributed by atoms with E-state index in [0.29, 0.717) is 6.04 Å². The maximum Gasteiger partial charge on any atom is 0.0615 e.